The lowest BCUT2D eigenvalue weighted by Crippen LogP contribution is -2.47. The fourth-order valence-electron chi connectivity index (χ4n) is 2.24. The minimum atomic E-state index is -0.980. The fraction of sp³-hybridized carbons (Fsp3) is 0.385. The quantitative estimate of drug-likeness (QED) is 0.664. The van der Waals surface area contributed by atoms with Gasteiger partial charge in [-0.1, -0.05) is 6.08 Å². The molecular weight excluding hydrogens is 264 g/mol. The van der Waals surface area contributed by atoms with Gasteiger partial charge in [-0.2, -0.15) is 0 Å². The molecule has 0 aromatic rings. The zero-order valence-corrected chi connectivity index (χ0v) is 10.7. The van der Waals surface area contributed by atoms with Gasteiger partial charge in [0.2, 0.25) is 5.91 Å². The number of amides is 3. The topological polar surface area (TPSA) is 95.0 Å². The molecule has 0 radical (unpaired) electrons. The van der Waals surface area contributed by atoms with Crippen LogP contribution in [0, 0.1) is 0 Å². The Balaban J connectivity index is 2.06. The van der Waals surface area contributed by atoms with Crippen molar-refractivity contribution in [1.82, 2.24) is 9.80 Å². The number of carbonyl (C=O) groups is 4. The second kappa shape index (κ2) is 5.68. The lowest BCUT2D eigenvalue weighted by atomic mass is 10.1. The second-order valence-electron chi connectivity index (χ2n) is 4.60. The maximum atomic E-state index is 11.7. The number of carboxylic acid groups (broad SMARTS) is 1. The summed E-state index contributed by atoms with van der Waals surface area (Å²) in [6.45, 7) is 0.387. The summed E-state index contributed by atoms with van der Waals surface area (Å²) < 4.78 is 0. The highest BCUT2D eigenvalue weighted by Gasteiger charge is 2.31. The van der Waals surface area contributed by atoms with Crippen LogP contribution >= 0.6 is 0 Å². The third kappa shape index (κ3) is 2.93. The molecule has 0 bridgehead atoms. The summed E-state index contributed by atoms with van der Waals surface area (Å²) in [7, 11) is 0. The molecule has 1 unspecified atom stereocenters. The molecular formula is C13H14N2O5. The van der Waals surface area contributed by atoms with Crippen molar-refractivity contribution in [3.05, 3.63) is 24.3 Å². The van der Waals surface area contributed by atoms with Crippen LogP contribution < -0.4 is 0 Å². The first-order chi connectivity index (χ1) is 9.49. The summed E-state index contributed by atoms with van der Waals surface area (Å²) in [5.74, 6) is -2.08. The standard InChI is InChI=1S/C13H14N2O5/c16-10-2-1-7-14(10)9(3-6-13(19)20)8-15-11(17)4-5-12(15)18/h1-2,4-5,9H,3,6-8H2,(H,19,20). The van der Waals surface area contributed by atoms with Crippen molar-refractivity contribution in [2.24, 2.45) is 0 Å². The molecule has 1 N–H and O–H groups in total. The molecule has 0 aromatic heterocycles. The van der Waals surface area contributed by atoms with Crippen molar-refractivity contribution >= 4 is 23.7 Å². The van der Waals surface area contributed by atoms with Crippen LogP contribution in [0.3, 0.4) is 0 Å². The van der Waals surface area contributed by atoms with Crippen LogP contribution in [0.2, 0.25) is 0 Å². The highest BCUT2D eigenvalue weighted by Crippen LogP contribution is 2.16. The summed E-state index contributed by atoms with van der Waals surface area (Å²) in [4.78, 5) is 47.9. The molecule has 0 saturated heterocycles. The third-order valence-corrected chi connectivity index (χ3v) is 3.27. The Morgan fingerprint density at radius 2 is 1.80 bits per heavy atom. The lowest BCUT2D eigenvalue weighted by Gasteiger charge is -2.30. The van der Waals surface area contributed by atoms with Crippen molar-refractivity contribution < 1.29 is 24.3 Å². The summed E-state index contributed by atoms with van der Waals surface area (Å²) >= 11 is 0. The fourth-order valence-corrected chi connectivity index (χ4v) is 2.24. The summed E-state index contributed by atoms with van der Waals surface area (Å²) in [5.41, 5.74) is 0. The van der Waals surface area contributed by atoms with Crippen LogP contribution in [-0.2, 0) is 19.2 Å². The van der Waals surface area contributed by atoms with E-state index in [0.717, 1.165) is 4.90 Å². The van der Waals surface area contributed by atoms with Gasteiger partial charge in [-0.25, -0.2) is 0 Å². The van der Waals surface area contributed by atoms with Gasteiger partial charge in [0.05, 0.1) is 6.04 Å². The highest BCUT2D eigenvalue weighted by molar-refractivity contribution is 6.12. The number of rotatable bonds is 6. The van der Waals surface area contributed by atoms with Gasteiger partial charge in [0.15, 0.2) is 0 Å². The molecule has 0 aromatic carbocycles. The molecule has 2 aliphatic rings. The summed E-state index contributed by atoms with van der Waals surface area (Å²) in [5, 5.41) is 8.76. The SMILES string of the molecule is O=C(O)CCC(CN1C(=O)C=CC1=O)N1CC=CC1=O. The van der Waals surface area contributed by atoms with E-state index in [1.807, 2.05) is 0 Å². The molecule has 3 amide bonds. The molecule has 2 rings (SSSR count). The molecule has 7 heteroatoms. The average molecular weight is 278 g/mol. The van der Waals surface area contributed by atoms with E-state index in [2.05, 4.69) is 0 Å². The van der Waals surface area contributed by atoms with Crippen LogP contribution in [0.1, 0.15) is 12.8 Å². The molecule has 0 saturated carbocycles. The molecule has 0 fully saturated rings. The van der Waals surface area contributed by atoms with Gasteiger partial charge in [0.1, 0.15) is 0 Å². The van der Waals surface area contributed by atoms with Crippen molar-refractivity contribution in [2.45, 2.75) is 18.9 Å². The van der Waals surface area contributed by atoms with E-state index < -0.39 is 23.8 Å². The monoisotopic (exact) mass is 278 g/mol. The van der Waals surface area contributed by atoms with Gasteiger partial charge in [0, 0.05) is 37.7 Å². The Bertz CT molecular complexity index is 505. The number of hydrogen-bond acceptors (Lipinski definition) is 4. The molecule has 7 nitrogen and oxygen atoms in total. The predicted molar refractivity (Wildman–Crippen MR) is 67.4 cm³/mol. The zero-order valence-electron chi connectivity index (χ0n) is 10.7. The van der Waals surface area contributed by atoms with Gasteiger partial charge in [0.25, 0.3) is 11.8 Å². The molecule has 0 spiro atoms. The van der Waals surface area contributed by atoms with Crippen molar-refractivity contribution in [3.63, 3.8) is 0 Å². The van der Waals surface area contributed by atoms with Gasteiger partial charge in [-0.05, 0) is 6.42 Å². The summed E-state index contributed by atoms with van der Waals surface area (Å²) in [6.07, 6.45) is 5.47. The molecule has 2 aliphatic heterocycles. The van der Waals surface area contributed by atoms with Crippen LogP contribution in [0.5, 0.6) is 0 Å². The van der Waals surface area contributed by atoms with Crippen LogP contribution in [-0.4, -0.2) is 57.7 Å². The van der Waals surface area contributed by atoms with E-state index in [-0.39, 0.29) is 25.3 Å². The summed E-state index contributed by atoms with van der Waals surface area (Å²) in [6, 6.07) is -0.485. The minimum Gasteiger partial charge on any atom is -0.481 e. The molecule has 106 valence electrons. The maximum Gasteiger partial charge on any atom is 0.303 e. The van der Waals surface area contributed by atoms with Crippen LogP contribution in [0.4, 0.5) is 0 Å². The first-order valence-corrected chi connectivity index (χ1v) is 6.21. The second-order valence-corrected chi connectivity index (χ2v) is 4.60. The zero-order chi connectivity index (χ0) is 14.7. The third-order valence-electron chi connectivity index (χ3n) is 3.27. The average Bonchev–Trinajstić information content (AvgIpc) is 2.94. The lowest BCUT2D eigenvalue weighted by molar-refractivity contribution is -0.140. The first kappa shape index (κ1) is 14.0. The largest absolute Gasteiger partial charge is 0.481 e. The predicted octanol–water partition coefficient (Wildman–Crippen LogP) is -0.457. The van der Waals surface area contributed by atoms with Crippen LogP contribution in [0.25, 0.3) is 0 Å². The van der Waals surface area contributed by atoms with E-state index >= 15 is 0 Å². The number of nitrogens with zero attached hydrogens (tertiary/aromatic N) is 2. The Labute approximate surface area is 115 Å². The van der Waals surface area contributed by atoms with E-state index in [0.29, 0.717) is 6.54 Å². The first-order valence-electron chi connectivity index (χ1n) is 6.21. The van der Waals surface area contributed by atoms with Gasteiger partial charge in [-0.3, -0.25) is 24.1 Å². The molecule has 0 aliphatic carbocycles. The Hall–Kier alpha value is -2.44. The number of carbonyl (C=O) groups excluding carboxylic acids is 3. The van der Waals surface area contributed by atoms with Crippen molar-refractivity contribution in [3.8, 4) is 0 Å². The number of carboxylic acids is 1. The van der Waals surface area contributed by atoms with Gasteiger partial charge < -0.3 is 10.0 Å². The molecule has 1 atom stereocenters. The normalized spacial score (nSPS) is 19.3. The molecule has 2 heterocycles. The van der Waals surface area contributed by atoms with Crippen LogP contribution in [0.15, 0.2) is 24.3 Å². The number of aliphatic carboxylic acids is 1. The number of hydrogen-bond donors (Lipinski definition) is 1. The smallest absolute Gasteiger partial charge is 0.303 e. The Morgan fingerprint density at radius 3 is 2.30 bits per heavy atom. The minimum absolute atomic E-state index is 0.0192. The van der Waals surface area contributed by atoms with E-state index in [4.69, 9.17) is 5.11 Å². The number of imide groups is 1. The maximum absolute atomic E-state index is 11.7. The van der Waals surface area contributed by atoms with Gasteiger partial charge in [-0.15, -0.1) is 0 Å². The van der Waals surface area contributed by atoms with E-state index in [9.17, 15) is 19.2 Å². The van der Waals surface area contributed by atoms with E-state index in [1.165, 1.54) is 23.1 Å². The molecule has 20 heavy (non-hydrogen) atoms. The van der Waals surface area contributed by atoms with Gasteiger partial charge >= 0.3 is 5.97 Å². The van der Waals surface area contributed by atoms with Crippen molar-refractivity contribution in [1.29, 1.82) is 0 Å². The Morgan fingerprint density at radius 1 is 1.15 bits per heavy atom. The van der Waals surface area contributed by atoms with Crippen molar-refractivity contribution in [2.75, 3.05) is 13.1 Å². The highest BCUT2D eigenvalue weighted by atomic mass is 16.4. The Kier molecular flexibility index (Phi) is 3.97. The van der Waals surface area contributed by atoms with E-state index in [1.54, 1.807) is 6.08 Å².